The summed E-state index contributed by atoms with van der Waals surface area (Å²) < 4.78 is 0. The van der Waals surface area contributed by atoms with Gasteiger partial charge < -0.3 is 5.11 Å². The van der Waals surface area contributed by atoms with Gasteiger partial charge in [0.15, 0.2) is 5.78 Å². The molecule has 0 amide bonds. The fourth-order valence-corrected chi connectivity index (χ4v) is 3.52. The second-order valence-electron chi connectivity index (χ2n) is 4.78. The number of hydrogen-bond acceptors (Lipinski definition) is 3. The van der Waals surface area contributed by atoms with Crippen LogP contribution in [0.1, 0.15) is 24.7 Å². The Balaban J connectivity index is 2.45. The first-order valence-electron chi connectivity index (χ1n) is 6.77. The van der Waals surface area contributed by atoms with Gasteiger partial charge in [-0.15, -0.1) is 11.8 Å². The van der Waals surface area contributed by atoms with Gasteiger partial charge >= 0.3 is 0 Å². The molecule has 0 fully saturated rings. The maximum atomic E-state index is 12.0. The number of benzene rings is 2. The number of ketones is 1. The number of rotatable bonds is 5. The number of aliphatic hydroxyl groups is 1. The lowest BCUT2D eigenvalue weighted by atomic mass is 10.0. The second-order valence-corrected chi connectivity index (χ2v) is 5.96. The first-order valence-corrected chi connectivity index (χ1v) is 7.65. The van der Waals surface area contributed by atoms with Crippen LogP contribution in [0.15, 0.2) is 76.9 Å². The molecule has 0 aliphatic heterocycles. The van der Waals surface area contributed by atoms with Gasteiger partial charge in [-0.1, -0.05) is 48.5 Å². The Morgan fingerprint density at radius 3 is 1.95 bits per heavy atom. The minimum atomic E-state index is -0.212. The Hall–Kier alpha value is -2.00. The topological polar surface area (TPSA) is 37.3 Å². The normalized spacial score (nSPS) is 13.4. The van der Waals surface area contributed by atoms with Crippen molar-refractivity contribution in [3.8, 4) is 0 Å². The highest BCUT2D eigenvalue weighted by Crippen LogP contribution is 2.41. The van der Waals surface area contributed by atoms with Crippen molar-refractivity contribution in [2.45, 2.75) is 24.0 Å². The summed E-state index contributed by atoms with van der Waals surface area (Å²) in [6, 6.07) is 19.7. The van der Waals surface area contributed by atoms with Gasteiger partial charge in [0, 0.05) is 10.5 Å². The molecular weight excluding hydrogens is 280 g/mol. The Kier molecular flexibility index (Phi) is 5.23. The van der Waals surface area contributed by atoms with E-state index in [0.717, 1.165) is 10.5 Å². The largest absolute Gasteiger partial charge is 0.512 e. The quantitative estimate of drug-likeness (QED) is 0.482. The number of aliphatic hydroxyl groups excluding tert-OH is 1. The average Bonchev–Trinajstić information content (AvgIpc) is 2.48. The van der Waals surface area contributed by atoms with Gasteiger partial charge in [-0.25, -0.2) is 0 Å². The molecule has 1 atom stereocenters. The first-order chi connectivity index (χ1) is 10.1. The van der Waals surface area contributed by atoms with E-state index in [0.29, 0.717) is 5.57 Å². The lowest BCUT2D eigenvalue weighted by molar-refractivity contribution is -0.113. The number of thioether (sulfide) groups is 1. The van der Waals surface area contributed by atoms with Crippen molar-refractivity contribution in [2.75, 3.05) is 0 Å². The van der Waals surface area contributed by atoms with Gasteiger partial charge in [0.25, 0.3) is 0 Å². The molecule has 0 unspecified atom stereocenters. The Bertz CT molecular complexity index is 629. The average molecular weight is 298 g/mol. The molecule has 0 spiro atoms. The van der Waals surface area contributed by atoms with Crippen LogP contribution in [0.3, 0.4) is 0 Å². The number of allylic oxidation sites excluding steroid dienone is 1. The van der Waals surface area contributed by atoms with Crippen LogP contribution < -0.4 is 0 Å². The molecule has 2 nitrogen and oxygen atoms in total. The third-order valence-electron chi connectivity index (χ3n) is 3.13. The SMILES string of the molecule is CC(=O)/C(=C(\C)O)[C@@H](Sc1ccccc1)c1ccccc1. The van der Waals surface area contributed by atoms with Crippen molar-refractivity contribution in [2.24, 2.45) is 0 Å². The van der Waals surface area contributed by atoms with Crippen molar-refractivity contribution >= 4 is 17.5 Å². The van der Waals surface area contributed by atoms with Crippen LogP contribution in [0.4, 0.5) is 0 Å². The van der Waals surface area contributed by atoms with Crippen LogP contribution in [-0.2, 0) is 4.79 Å². The summed E-state index contributed by atoms with van der Waals surface area (Å²) in [7, 11) is 0. The molecule has 2 aromatic rings. The highest BCUT2D eigenvalue weighted by molar-refractivity contribution is 7.99. The van der Waals surface area contributed by atoms with Gasteiger partial charge in [0.2, 0.25) is 0 Å². The van der Waals surface area contributed by atoms with E-state index in [9.17, 15) is 9.90 Å². The van der Waals surface area contributed by atoms with E-state index in [1.165, 1.54) is 6.92 Å². The molecule has 108 valence electrons. The van der Waals surface area contributed by atoms with E-state index in [1.54, 1.807) is 18.7 Å². The van der Waals surface area contributed by atoms with Gasteiger partial charge in [-0.05, 0) is 31.5 Å². The van der Waals surface area contributed by atoms with Crippen LogP contribution in [0.2, 0.25) is 0 Å². The zero-order valence-corrected chi connectivity index (χ0v) is 12.9. The van der Waals surface area contributed by atoms with Gasteiger partial charge in [0.1, 0.15) is 0 Å². The number of hydrogen-bond donors (Lipinski definition) is 1. The minimum absolute atomic E-state index is 0.0831. The maximum absolute atomic E-state index is 12.0. The molecule has 0 heterocycles. The molecule has 21 heavy (non-hydrogen) atoms. The summed E-state index contributed by atoms with van der Waals surface area (Å²) in [6.07, 6.45) is 0. The fraction of sp³-hybridized carbons (Fsp3) is 0.167. The molecule has 0 radical (unpaired) electrons. The van der Waals surface area contributed by atoms with Crippen molar-refractivity contribution < 1.29 is 9.90 Å². The molecule has 0 aliphatic rings. The van der Waals surface area contributed by atoms with E-state index in [-0.39, 0.29) is 16.8 Å². The van der Waals surface area contributed by atoms with Gasteiger partial charge in [-0.3, -0.25) is 4.79 Å². The summed E-state index contributed by atoms with van der Waals surface area (Å²) in [4.78, 5) is 13.0. The number of carbonyl (C=O) groups is 1. The molecule has 2 rings (SSSR count). The molecule has 0 saturated carbocycles. The first kappa shape index (κ1) is 15.4. The predicted octanol–water partition coefficient (Wildman–Crippen LogP) is 4.94. The van der Waals surface area contributed by atoms with Crippen LogP contribution in [0.5, 0.6) is 0 Å². The summed E-state index contributed by atoms with van der Waals surface area (Å²) >= 11 is 1.57. The van der Waals surface area contributed by atoms with Crippen LogP contribution in [0, 0.1) is 0 Å². The minimum Gasteiger partial charge on any atom is -0.512 e. The van der Waals surface area contributed by atoms with Crippen LogP contribution in [0.25, 0.3) is 0 Å². The van der Waals surface area contributed by atoms with Gasteiger partial charge in [0.05, 0.1) is 11.0 Å². The lowest BCUT2D eigenvalue weighted by Gasteiger charge is -2.19. The molecule has 0 saturated heterocycles. The third kappa shape index (κ3) is 3.99. The Morgan fingerprint density at radius 1 is 0.952 bits per heavy atom. The van der Waals surface area contributed by atoms with Crippen molar-refractivity contribution in [3.05, 3.63) is 77.6 Å². The van der Waals surface area contributed by atoms with Crippen molar-refractivity contribution in [1.29, 1.82) is 0 Å². The summed E-state index contributed by atoms with van der Waals surface area (Å²) in [5, 5.41) is 9.73. The van der Waals surface area contributed by atoms with E-state index in [4.69, 9.17) is 0 Å². The van der Waals surface area contributed by atoms with Crippen LogP contribution in [-0.4, -0.2) is 10.9 Å². The van der Waals surface area contributed by atoms with E-state index in [1.807, 2.05) is 60.7 Å². The number of Topliss-reactive ketones (excluding diaryl/α,β-unsaturated/α-hetero) is 1. The molecule has 3 heteroatoms. The molecular formula is C18H18O2S. The number of carbonyl (C=O) groups excluding carboxylic acids is 1. The Labute approximate surface area is 129 Å². The molecule has 0 aliphatic carbocycles. The zero-order chi connectivity index (χ0) is 15.2. The smallest absolute Gasteiger partial charge is 0.160 e. The molecule has 2 aromatic carbocycles. The molecule has 0 bridgehead atoms. The Morgan fingerprint density at radius 2 is 1.48 bits per heavy atom. The standard InChI is InChI=1S/C18H18O2S/c1-13(19)17(14(2)20)18(15-9-5-3-6-10-15)21-16-11-7-4-8-12-16/h3-12,18-19H,1-2H3/b17-13-/t18-/m0/s1. The fourth-order valence-electron chi connectivity index (χ4n) is 2.19. The van der Waals surface area contributed by atoms with E-state index >= 15 is 0 Å². The molecule has 1 N–H and O–H groups in total. The lowest BCUT2D eigenvalue weighted by Crippen LogP contribution is -2.09. The van der Waals surface area contributed by atoms with Gasteiger partial charge in [-0.2, -0.15) is 0 Å². The highest BCUT2D eigenvalue weighted by Gasteiger charge is 2.23. The van der Waals surface area contributed by atoms with Crippen molar-refractivity contribution in [1.82, 2.24) is 0 Å². The zero-order valence-electron chi connectivity index (χ0n) is 12.1. The summed E-state index contributed by atoms with van der Waals surface area (Å²) in [5.41, 5.74) is 1.46. The van der Waals surface area contributed by atoms with Crippen molar-refractivity contribution in [3.63, 3.8) is 0 Å². The maximum Gasteiger partial charge on any atom is 0.160 e. The summed E-state index contributed by atoms with van der Waals surface area (Å²) in [6.45, 7) is 3.06. The second kappa shape index (κ2) is 7.14. The van der Waals surface area contributed by atoms with E-state index < -0.39 is 0 Å². The summed E-state index contributed by atoms with van der Waals surface area (Å²) in [5.74, 6) is -0.0212. The molecule has 0 aromatic heterocycles. The highest BCUT2D eigenvalue weighted by atomic mass is 32.2. The predicted molar refractivity (Wildman–Crippen MR) is 87.5 cm³/mol. The monoisotopic (exact) mass is 298 g/mol. The van der Waals surface area contributed by atoms with E-state index in [2.05, 4.69) is 0 Å². The van der Waals surface area contributed by atoms with Crippen LogP contribution >= 0.6 is 11.8 Å². The third-order valence-corrected chi connectivity index (χ3v) is 4.42.